The molecule has 0 saturated heterocycles. The first kappa shape index (κ1) is 14.6. The van der Waals surface area contributed by atoms with Gasteiger partial charge in [-0.3, -0.25) is 9.59 Å². The van der Waals surface area contributed by atoms with Crippen LogP contribution in [-0.4, -0.2) is 45.2 Å². The molecule has 0 fully saturated rings. The molecule has 0 radical (unpaired) electrons. The largest absolute Gasteiger partial charge is 0.480 e. The third-order valence-corrected chi connectivity index (χ3v) is 4.53. The lowest BCUT2D eigenvalue weighted by molar-refractivity contribution is -0.139. The van der Waals surface area contributed by atoms with Crippen LogP contribution in [0.15, 0.2) is 0 Å². The van der Waals surface area contributed by atoms with E-state index in [0.29, 0.717) is 0 Å². The van der Waals surface area contributed by atoms with Gasteiger partial charge in [-0.1, -0.05) is 28.5 Å². The van der Waals surface area contributed by atoms with E-state index in [1.807, 2.05) is 0 Å². The second-order valence-corrected chi connectivity index (χ2v) is 5.68. The summed E-state index contributed by atoms with van der Waals surface area (Å²) in [5.41, 5.74) is 10.6. The van der Waals surface area contributed by atoms with Gasteiger partial charge in [-0.25, -0.2) is 0 Å². The third kappa shape index (κ3) is 5.88. The molecule has 3 atom stereocenters. The summed E-state index contributed by atoms with van der Waals surface area (Å²) in [5, 5.41) is 16.8. The van der Waals surface area contributed by atoms with Crippen molar-refractivity contribution in [1.29, 1.82) is 0 Å². The molecule has 3 unspecified atom stereocenters. The highest BCUT2D eigenvalue weighted by atomic mass is 33.1. The third-order valence-electron chi connectivity index (χ3n) is 1.58. The Morgan fingerprint density at radius 2 is 1.80 bits per heavy atom. The van der Waals surface area contributed by atoms with E-state index < -0.39 is 24.0 Å². The quantitative estimate of drug-likeness (QED) is 0.451. The van der Waals surface area contributed by atoms with Crippen molar-refractivity contribution in [2.75, 3.05) is 5.75 Å². The number of rotatable bonds is 7. The lowest BCUT2D eigenvalue weighted by Crippen LogP contribution is -2.38. The van der Waals surface area contributed by atoms with Gasteiger partial charge in [-0.15, -0.1) is 0 Å². The van der Waals surface area contributed by atoms with Crippen LogP contribution in [0.5, 0.6) is 0 Å². The minimum atomic E-state index is -1.07. The average Bonchev–Trinajstić information content (AvgIpc) is 2.15. The minimum absolute atomic E-state index is 0.219. The maximum absolute atomic E-state index is 10.5. The van der Waals surface area contributed by atoms with E-state index in [2.05, 4.69) is 0 Å². The van der Waals surface area contributed by atoms with E-state index in [-0.39, 0.29) is 11.0 Å². The summed E-state index contributed by atoms with van der Waals surface area (Å²) in [6, 6.07) is -1.89. The van der Waals surface area contributed by atoms with E-state index in [4.69, 9.17) is 21.7 Å². The average molecular weight is 254 g/mol. The Balaban J connectivity index is 3.77. The Morgan fingerprint density at radius 1 is 1.27 bits per heavy atom. The van der Waals surface area contributed by atoms with Gasteiger partial charge in [0, 0.05) is 11.0 Å². The molecular weight excluding hydrogens is 240 g/mol. The lowest BCUT2D eigenvalue weighted by Gasteiger charge is -2.15. The number of carboxylic acid groups (broad SMARTS) is 2. The summed E-state index contributed by atoms with van der Waals surface area (Å²) in [7, 11) is 2.44. The molecule has 0 heterocycles. The fourth-order valence-corrected chi connectivity index (χ4v) is 3.05. The summed E-state index contributed by atoms with van der Waals surface area (Å²) in [6.07, 6.45) is 0. The van der Waals surface area contributed by atoms with E-state index in [9.17, 15) is 9.59 Å². The molecule has 0 bridgehead atoms. The number of hydrogen-bond acceptors (Lipinski definition) is 6. The van der Waals surface area contributed by atoms with Gasteiger partial charge in [0.15, 0.2) is 0 Å². The molecule has 0 aliphatic rings. The summed E-state index contributed by atoms with van der Waals surface area (Å²) in [6.45, 7) is 1.67. The summed E-state index contributed by atoms with van der Waals surface area (Å²) < 4.78 is 0. The fourth-order valence-electron chi connectivity index (χ4n) is 0.552. The molecule has 0 saturated carbocycles. The van der Waals surface area contributed by atoms with Gasteiger partial charge in [-0.05, 0) is 0 Å². The Bertz CT molecular complexity index is 239. The number of nitrogens with two attached hydrogens (primary N) is 2. The highest BCUT2D eigenvalue weighted by Gasteiger charge is 2.21. The van der Waals surface area contributed by atoms with Crippen LogP contribution in [0.1, 0.15) is 6.92 Å². The molecule has 8 heteroatoms. The first-order valence-electron chi connectivity index (χ1n) is 4.11. The molecular formula is C7H14N2O4S2. The van der Waals surface area contributed by atoms with Gasteiger partial charge in [0.25, 0.3) is 0 Å². The Labute approximate surface area is 95.2 Å². The van der Waals surface area contributed by atoms with Gasteiger partial charge >= 0.3 is 11.9 Å². The molecule has 0 aromatic rings. The highest BCUT2D eigenvalue weighted by Crippen LogP contribution is 2.28. The smallest absolute Gasteiger partial charge is 0.321 e. The van der Waals surface area contributed by atoms with Gasteiger partial charge in [0.2, 0.25) is 0 Å². The predicted octanol–water partition coefficient (Wildman–Crippen LogP) is -0.420. The Morgan fingerprint density at radius 3 is 2.20 bits per heavy atom. The summed E-state index contributed by atoms with van der Waals surface area (Å²) in [5.74, 6) is -1.92. The van der Waals surface area contributed by atoms with Gasteiger partial charge in [0.1, 0.15) is 12.1 Å². The Hall–Kier alpha value is -0.440. The number of carboxylic acids is 2. The topological polar surface area (TPSA) is 127 Å². The second kappa shape index (κ2) is 6.94. The first-order chi connectivity index (χ1) is 6.86. The molecule has 88 valence electrons. The molecule has 6 N–H and O–H groups in total. The monoisotopic (exact) mass is 254 g/mol. The van der Waals surface area contributed by atoms with Gasteiger partial charge < -0.3 is 21.7 Å². The summed E-state index contributed by atoms with van der Waals surface area (Å²) >= 11 is 0. The minimum Gasteiger partial charge on any atom is -0.480 e. The zero-order chi connectivity index (χ0) is 12.0. The van der Waals surface area contributed by atoms with E-state index in [1.165, 1.54) is 21.6 Å². The van der Waals surface area contributed by atoms with Crippen LogP contribution >= 0.6 is 21.6 Å². The zero-order valence-corrected chi connectivity index (χ0v) is 9.75. The molecule has 0 aromatic heterocycles. The summed E-state index contributed by atoms with van der Waals surface area (Å²) in [4.78, 5) is 20.8. The van der Waals surface area contributed by atoms with Crippen molar-refractivity contribution in [1.82, 2.24) is 0 Å². The van der Waals surface area contributed by atoms with Crippen LogP contribution in [0.4, 0.5) is 0 Å². The highest BCUT2D eigenvalue weighted by molar-refractivity contribution is 8.77. The predicted molar refractivity (Wildman–Crippen MR) is 60.7 cm³/mol. The Kier molecular flexibility index (Phi) is 6.73. The van der Waals surface area contributed by atoms with Crippen LogP contribution in [0.25, 0.3) is 0 Å². The van der Waals surface area contributed by atoms with Crippen molar-refractivity contribution in [2.45, 2.75) is 24.3 Å². The zero-order valence-electron chi connectivity index (χ0n) is 8.12. The van der Waals surface area contributed by atoms with Crippen LogP contribution < -0.4 is 11.5 Å². The molecule has 0 aliphatic heterocycles. The van der Waals surface area contributed by atoms with Crippen LogP contribution in [0.3, 0.4) is 0 Å². The van der Waals surface area contributed by atoms with Crippen molar-refractivity contribution in [2.24, 2.45) is 11.5 Å². The van der Waals surface area contributed by atoms with Crippen molar-refractivity contribution in [3.63, 3.8) is 0 Å². The molecule has 0 aliphatic carbocycles. The maximum Gasteiger partial charge on any atom is 0.321 e. The number of hydrogen-bond donors (Lipinski definition) is 4. The van der Waals surface area contributed by atoms with Crippen molar-refractivity contribution >= 4 is 33.5 Å². The number of aliphatic carboxylic acids is 2. The standard InChI is InChI=1S/C7H14N2O4S2/c1-3(5(9)7(12)13)15-14-2-4(8)6(10)11/h3-5H,2,8-9H2,1H3,(H,10,11)(H,12,13). The fraction of sp³-hybridized carbons (Fsp3) is 0.714. The first-order valence-corrected chi connectivity index (χ1v) is 6.49. The van der Waals surface area contributed by atoms with Gasteiger partial charge in [-0.2, -0.15) is 0 Å². The molecule has 15 heavy (non-hydrogen) atoms. The van der Waals surface area contributed by atoms with Crippen molar-refractivity contribution in [3.8, 4) is 0 Å². The lowest BCUT2D eigenvalue weighted by atomic mass is 10.2. The SMILES string of the molecule is CC(SSCC(N)C(=O)O)C(N)C(=O)O. The molecule has 6 nitrogen and oxygen atoms in total. The normalized spacial score (nSPS) is 16.7. The number of carbonyl (C=O) groups is 2. The second-order valence-electron chi connectivity index (χ2n) is 2.89. The van der Waals surface area contributed by atoms with E-state index in [0.717, 1.165) is 0 Å². The molecule has 0 spiro atoms. The van der Waals surface area contributed by atoms with Crippen molar-refractivity contribution < 1.29 is 19.8 Å². The van der Waals surface area contributed by atoms with Gasteiger partial charge in [0.05, 0.1) is 0 Å². The molecule has 0 aromatic carbocycles. The van der Waals surface area contributed by atoms with Crippen LogP contribution in [-0.2, 0) is 9.59 Å². The van der Waals surface area contributed by atoms with Crippen molar-refractivity contribution in [3.05, 3.63) is 0 Å². The van der Waals surface area contributed by atoms with E-state index >= 15 is 0 Å². The molecule has 0 amide bonds. The molecule has 0 rings (SSSR count). The van der Waals surface area contributed by atoms with Crippen LogP contribution in [0, 0.1) is 0 Å². The maximum atomic E-state index is 10.5. The van der Waals surface area contributed by atoms with Crippen LogP contribution in [0.2, 0.25) is 0 Å². The van der Waals surface area contributed by atoms with E-state index in [1.54, 1.807) is 6.92 Å².